The van der Waals surface area contributed by atoms with Gasteiger partial charge in [0.05, 0.1) is 6.61 Å². The minimum atomic E-state index is -0.591. The van der Waals surface area contributed by atoms with E-state index in [9.17, 15) is 13.9 Å². The molecule has 4 heteroatoms. The van der Waals surface area contributed by atoms with Gasteiger partial charge in [0.15, 0.2) is 0 Å². The summed E-state index contributed by atoms with van der Waals surface area (Å²) < 4.78 is 26.7. The zero-order valence-corrected chi connectivity index (χ0v) is 11.9. The van der Waals surface area contributed by atoms with E-state index in [1.165, 1.54) is 12.1 Å². The molecular weight excluding hydrogens is 272 g/mol. The Hall–Kier alpha value is -1.78. The summed E-state index contributed by atoms with van der Waals surface area (Å²) in [7, 11) is 0. The van der Waals surface area contributed by atoms with Gasteiger partial charge in [0.25, 0.3) is 0 Å². The van der Waals surface area contributed by atoms with Crippen molar-refractivity contribution in [1.29, 1.82) is 0 Å². The Morgan fingerprint density at radius 2 is 1.81 bits per heavy atom. The fraction of sp³-hybridized carbons (Fsp3) is 0.294. The molecule has 0 spiro atoms. The molecule has 0 fully saturated rings. The first-order chi connectivity index (χ1) is 10.1. The molecule has 0 aliphatic heterocycles. The Morgan fingerprint density at radius 3 is 2.43 bits per heavy atom. The Balaban J connectivity index is 2.04. The number of aliphatic hydroxyl groups is 1. The third kappa shape index (κ3) is 4.34. The zero-order valence-electron chi connectivity index (χ0n) is 11.9. The lowest BCUT2D eigenvalue weighted by atomic mass is 10.0. The van der Waals surface area contributed by atoms with Gasteiger partial charge in [0, 0.05) is 23.7 Å². The number of halogens is 2. The van der Waals surface area contributed by atoms with Crippen LogP contribution in [0.2, 0.25) is 0 Å². The highest BCUT2D eigenvalue weighted by Crippen LogP contribution is 2.18. The number of hydrogen-bond acceptors (Lipinski definition) is 2. The van der Waals surface area contributed by atoms with Crippen LogP contribution in [0.15, 0.2) is 48.5 Å². The molecule has 21 heavy (non-hydrogen) atoms. The summed E-state index contributed by atoms with van der Waals surface area (Å²) in [5.74, 6) is -1.17. The maximum absolute atomic E-state index is 13.7. The molecule has 2 atom stereocenters. The summed E-state index contributed by atoms with van der Waals surface area (Å²) >= 11 is 0. The van der Waals surface area contributed by atoms with Crippen molar-refractivity contribution in [1.82, 2.24) is 5.32 Å². The summed E-state index contributed by atoms with van der Waals surface area (Å²) in [6, 6.07) is 12.8. The van der Waals surface area contributed by atoms with Gasteiger partial charge in [-0.05, 0) is 25.0 Å². The van der Waals surface area contributed by atoms with Crippen molar-refractivity contribution in [2.24, 2.45) is 0 Å². The highest BCUT2D eigenvalue weighted by molar-refractivity contribution is 5.22. The normalized spacial score (nSPS) is 13.9. The highest BCUT2D eigenvalue weighted by atomic mass is 19.1. The van der Waals surface area contributed by atoms with Crippen molar-refractivity contribution in [2.45, 2.75) is 25.4 Å². The van der Waals surface area contributed by atoms with Crippen LogP contribution in [0.25, 0.3) is 0 Å². The summed E-state index contributed by atoms with van der Waals surface area (Å²) in [6.07, 6.45) is 0.643. The first-order valence-electron chi connectivity index (χ1n) is 6.96. The zero-order chi connectivity index (χ0) is 15.2. The van der Waals surface area contributed by atoms with Gasteiger partial charge in [-0.15, -0.1) is 0 Å². The molecule has 0 heterocycles. The third-order valence-corrected chi connectivity index (χ3v) is 3.46. The number of benzene rings is 2. The van der Waals surface area contributed by atoms with Crippen molar-refractivity contribution in [3.8, 4) is 0 Å². The molecule has 2 nitrogen and oxygen atoms in total. The molecule has 2 aromatic rings. The summed E-state index contributed by atoms with van der Waals surface area (Å²) in [4.78, 5) is 0. The van der Waals surface area contributed by atoms with Crippen LogP contribution in [-0.4, -0.2) is 17.8 Å². The van der Waals surface area contributed by atoms with E-state index in [2.05, 4.69) is 5.32 Å². The topological polar surface area (TPSA) is 32.3 Å². The van der Waals surface area contributed by atoms with Gasteiger partial charge in [-0.2, -0.15) is 0 Å². The first-order valence-corrected chi connectivity index (χ1v) is 6.96. The lowest BCUT2D eigenvalue weighted by molar-refractivity contribution is 0.232. The fourth-order valence-corrected chi connectivity index (χ4v) is 2.37. The van der Waals surface area contributed by atoms with Gasteiger partial charge < -0.3 is 10.4 Å². The number of rotatable bonds is 6. The van der Waals surface area contributed by atoms with Crippen molar-refractivity contribution in [2.75, 3.05) is 6.61 Å². The quantitative estimate of drug-likeness (QED) is 0.856. The Kier molecular flexibility index (Phi) is 5.42. The van der Waals surface area contributed by atoms with E-state index in [0.717, 1.165) is 11.6 Å². The highest BCUT2D eigenvalue weighted by Gasteiger charge is 2.16. The smallest absolute Gasteiger partial charge is 0.130 e. The molecule has 0 aromatic heterocycles. The molecule has 0 aliphatic rings. The van der Waals surface area contributed by atoms with E-state index in [4.69, 9.17) is 0 Å². The average Bonchev–Trinajstić information content (AvgIpc) is 2.47. The monoisotopic (exact) mass is 291 g/mol. The molecule has 0 bridgehead atoms. The van der Waals surface area contributed by atoms with Gasteiger partial charge in [0.1, 0.15) is 11.6 Å². The molecule has 0 saturated carbocycles. The van der Waals surface area contributed by atoms with Crippen LogP contribution < -0.4 is 5.32 Å². The Morgan fingerprint density at radius 1 is 1.10 bits per heavy atom. The molecule has 112 valence electrons. The standard InChI is InChI=1S/C17H19F2NO/c1-12(16-8-7-14(18)10-17(16)19)20-15(11-21)9-13-5-3-2-4-6-13/h2-8,10,12,15,20-21H,9,11H2,1H3. The molecule has 0 saturated heterocycles. The SMILES string of the molecule is CC(NC(CO)Cc1ccccc1)c1ccc(F)cc1F. The number of nitrogens with one attached hydrogen (secondary N) is 1. The van der Waals surface area contributed by atoms with Crippen molar-refractivity contribution < 1.29 is 13.9 Å². The van der Waals surface area contributed by atoms with Crippen LogP contribution in [0.4, 0.5) is 8.78 Å². The molecule has 2 rings (SSSR count). The number of hydrogen-bond donors (Lipinski definition) is 2. The van der Waals surface area contributed by atoms with Gasteiger partial charge in [-0.3, -0.25) is 0 Å². The molecule has 2 unspecified atom stereocenters. The lowest BCUT2D eigenvalue weighted by Gasteiger charge is -2.22. The minimum Gasteiger partial charge on any atom is -0.395 e. The summed E-state index contributed by atoms with van der Waals surface area (Å²) in [5, 5.41) is 12.7. The van der Waals surface area contributed by atoms with Crippen molar-refractivity contribution >= 4 is 0 Å². The van der Waals surface area contributed by atoms with Crippen LogP contribution in [0.1, 0.15) is 24.1 Å². The van der Waals surface area contributed by atoms with E-state index < -0.39 is 11.6 Å². The van der Waals surface area contributed by atoms with Crippen molar-refractivity contribution in [3.05, 3.63) is 71.3 Å². The van der Waals surface area contributed by atoms with Gasteiger partial charge >= 0.3 is 0 Å². The largest absolute Gasteiger partial charge is 0.395 e. The maximum atomic E-state index is 13.7. The molecular formula is C17H19F2NO. The van der Waals surface area contributed by atoms with Crippen LogP contribution in [0.5, 0.6) is 0 Å². The lowest BCUT2D eigenvalue weighted by Crippen LogP contribution is -2.36. The van der Waals surface area contributed by atoms with E-state index in [-0.39, 0.29) is 18.7 Å². The Bertz CT molecular complexity index is 574. The van der Waals surface area contributed by atoms with Gasteiger partial charge in [-0.1, -0.05) is 36.4 Å². The molecule has 0 radical (unpaired) electrons. The predicted molar refractivity (Wildman–Crippen MR) is 78.9 cm³/mol. The van der Waals surface area contributed by atoms with Crippen LogP contribution in [-0.2, 0) is 6.42 Å². The molecule has 2 N–H and O–H groups in total. The van der Waals surface area contributed by atoms with Crippen LogP contribution >= 0.6 is 0 Å². The van der Waals surface area contributed by atoms with Crippen molar-refractivity contribution in [3.63, 3.8) is 0 Å². The van der Waals surface area contributed by atoms with E-state index in [1.807, 2.05) is 30.3 Å². The van der Waals surface area contributed by atoms with Gasteiger partial charge in [0.2, 0.25) is 0 Å². The van der Waals surface area contributed by atoms with E-state index >= 15 is 0 Å². The second-order valence-corrected chi connectivity index (χ2v) is 5.12. The second-order valence-electron chi connectivity index (χ2n) is 5.12. The fourth-order valence-electron chi connectivity index (χ4n) is 2.37. The average molecular weight is 291 g/mol. The van der Waals surface area contributed by atoms with E-state index in [0.29, 0.717) is 12.0 Å². The summed E-state index contributed by atoms with van der Waals surface area (Å²) in [6.45, 7) is 1.74. The van der Waals surface area contributed by atoms with Crippen LogP contribution in [0.3, 0.4) is 0 Å². The molecule has 2 aromatic carbocycles. The number of aliphatic hydroxyl groups excluding tert-OH is 1. The predicted octanol–water partition coefficient (Wildman–Crippen LogP) is 3.22. The third-order valence-electron chi connectivity index (χ3n) is 3.46. The first kappa shape index (κ1) is 15.6. The summed E-state index contributed by atoms with van der Waals surface area (Å²) in [5.41, 5.74) is 1.48. The maximum Gasteiger partial charge on any atom is 0.130 e. The molecule has 0 aliphatic carbocycles. The van der Waals surface area contributed by atoms with Crippen LogP contribution in [0, 0.1) is 11.6 Å². The minimum absolute atomic E-state index is 0.0535. The van der Waals surface area contributed by atoms with Gasteiger partial charge in [-0.25, -0.2) is 8.78 Å². The second kappa shape index (κ2) is 7.29. The Labute approximate surface area is 123 Å². The van der Waals surface area contributed by atoms with E-state index in [1.54, 1.807) is 6.92 Å². The molecule has 0 amide bonds.